The molecule has 0 spiro atoms. The molecule has 4 atom stereocenters. The lowest BCUT2D eigenvalue weighted by Gasteiger charge is -2.24. The first-order chi connectivity index (χ1) is 13.9. The number of hydrogen-bond acceptors (Lipinski definition) is 8. The Hall–Kier alpha value is -2.87. The Bertz CT molecular complexity index is 673. The number of carboxylic acid groups (broad SMARTS) is 3. The number of rotatable bonds is 14. The summed E-state index contributed by atoms with van der Waals surface area (Å²) in [6, 6.07) is -5.19. The molecule has 30 heavy (non-hydrogen) atoms. The van der Waals surface area contributed by atoms with Crippen molar-refractivity contribution in [2.24, 2.45) is 5.73 Å². The van der Waals surface area contributed by atoms with Crippen LogP contribution in [0.3, 0.4) is 0 Å². The van der Waals surface area contributed by atoms with Crippen LogP contribution in [0.4, 0.5) is 0 Å². The van der Waals surface area contributed by atoms with Gasteiger partial charge in [0.1, 0.15) is 18.1 Å². The molecular weight excluding hydrogens is 424 g/mol. The number of thiol groups is 1. The molecule has 4 unspecified atom stereocenters. The van der Waals surface area contributed by atoms with Crippen molar-refractivity contribution in [2.75, 3.05) is 5.75 Å². The van der Waals surface area contributed by atoms with Gasteiger partial charge in [0.15, 0.2) is 0 Å². The smallest absolute Gasteiger partial charge is 0.325 e. The molecule has 0 radical (unpaired) electrons. The second kappa shape index (κ2) is 13.4. The van der Waals surface area contributed by atoms with Gasteiger partial charge in [0.25, 0.3) is 0 Å². The van der Waals surface area contributed by atoms with Crippen molar-refractivity contribution in [2.45, 2.75) is 56.8 Å². The van der Waals surface area contributed by atoms with Crippen molar-refractivity contribution < 1.29 is 44.1 Å². The van der Waals surface area contributed by atoms with Gasteiger partial charge in [0, 0.05) is 18.6 Å². The summed E-state index contributed by atoms with van der Waals surface area (Å²) in [5.74, 6) is -6.57. The molecule has 0 aliphatic carbocycles. The van der Waals surface area contributed by atoms with E-state index in [0.717, 1.165) is 0 Å². The van der Waals surface area contributed by atoms with Gasteiger partial charge in [0.05, 0.1) is 6.04 Å². The molecule has 0 aromatic heterocycles. The lowest BCUT2D eigenvalue weighted by atomic mass is 10.1. The Morgan fingerprint density at radius 2 is 1.20 bits per heavy atom. The summed E-state index contributed by atoms with van der Waals surface area (Å²) in [6.45, 7) is 1.17. The first kappa shape index (κ1) is 27.1. The molecule has 0 aromatic rings. The van der Waals surface area contributed by atoms with Crippen LogP contribution in [-0.2, 0) is 28.8 Å². The van der Waals surface area contributed by atoms with Crippen molar-refractivity contribution in [3.05, 3.63) is 0 Å². The first-order valence-electron chi connectivity index (χ1n) is 8.83. The first-order valence-corrected chi connectivity index (χ1v) is 9.46. The van der Waals surface area contributed by atoms with Crippen LogP contribution in [-0.4, -0.2) is 80.9 Å². The van der Waals surface area contributed by atoms with Crippen molar-refractivity contribution in [3.63, 3.8) is 0 Å². The van der Waals surface area contributed by atoms with Crippen molar-refractivity contribution in [3.8, 4) is 0 Å². The number of amides is 3. The fourth-order valence-corrected chi connectivity index (χ4v) is 2.25. The van der Waals surface area contributed by atoms with E-state index in [1.54, 1.807) is 0 Å². The number of aliphatic carboxylic acids is 3. The maximum atomic E-state index is 12.6. The second-order valence-electron chi connectivity index (χ2n) is 6.34. The number of carbonyl (C=O) groups is 6. The minimum atomic E-state index is -1.43. The van der Waals surface area contributed by atoms with E-state index in [4.69, 9.17) is 21.1 Å². The Kier molecular flexibility index (Phi) is 12.1. The summed E-state index contributed by atoms with van der Waals surface area (Å²) in [5.41, 5.74) is 5.51. The van der Waals surface area contributed by atoms with Crippen LogP contribution in [0, 0.1) is 0 Å². The maximum absolute atomic E-state index is 12.6. The Balaban J connectivity index is 5.41. The summed E-state index contributed by atoms with van der Waals surface area (Å²) in [7, 11) is 0. The minimum Gasteiger partial charge on any atom is -0.481 e. The summed E-state index contributed by atoms with van der Waals surface area (Å²) in [5, 5.41) is 33.1. The molecule has 0 aliphatic heterocycles. The highest BCUT2D eigenvalue weighted by Crippen LogP contribution is 2.04. The van der Waals surface area contributed by atoms with Gasteiger partial charge in [-0.1, -0.05) is 0 Å². The highest BCUT2D eigenvalue weighted by Gasteiger charge is 2.29. The van der Waals surface area contributed by atoms with Crippen LogP contribution >= 0.6 is 12.6 Å². The quantitative estimate of drug-likeness (QED) is 0.130. The Morgan fingerprint density at radius 1 is 0.800 bits per heavy atom. The molecular formula is C16H26N4O9S. The molecule has 0 rings (SSSR count). The van der Waals surface area contributed by atoms with Crippen LogP contribution in [0.2, 0.25) is 0 Å². The fourth-order valence-electron chi connectivity index (χ4n) is 2.08. The fraction of sp³-hybridized carbons (Fsp3) is 0.625. The van der Waals surface area contributed by atoms with Crippen molar-refractivity contribution in [1.82, 2.24) is 16.0 Å². The third-order valence-corrected chi connectivity index (χ3v) is 4.22. The summed E-state index contributed by atoms with van der Waals surface area (Å²) in [6.07, 6.45) is -1.70. The predicted octanol–water partition coefficient (Wildman–Crippen LogP) is -2.47. The summed E-state index contributed by atoms with van der Waals surface area (Å²) in [4.78, 5) is 69.3. The van der Waals surface area contributed by atoms with Gasteiger partial charge in [-0.25, -0.2) is 0 Å². The molecule has 0 aliphatic rings. The topological polar surface area (TPSA) is 225 Å². The van der Waals surface area contributed by atoms with Gasteiger partial charge < -0.3 is 37.0 Å². The molecule has 0 fully saturated rings. The molecule has 14 heteroatoms. The van der Waals surface area contributed by atoms with E-state index >= 15 is 0 Å². The van der Waals surface area contributed by atoms with E-state index in [0.29, 0.717) is 0 Å². The van der Waals surface area contributed by atoms with Crippen LogP contribution < -0.4 is 21.7 Å². The third kappa shape index (κ3) is 10.6. The maximum Gasteiger partial charge on any atom is 0.325 e. The van der Waals surface area contributed by atoms with E-state index in [1.807, 2.05) is 0 Å². The van der Waals surface area contributed by atoms with Gasteiger partial charge in [-0.2, -0.15) is 12.6 Å². The Labute approximate surface area is 177 Å². The highest BCUT2D eigenvalue weighted by atomic mass is 32.1. The van der Waals surface area contributed by atoms with Gasteiger partial charge >= 0.3 is 17.9 Å². The summed E-state index contributed by atoms with van der Waals surface area (Å²) >= 11 is 3.85. The number of nitrogens with two attached hydrogens (primary N) is 1. The molecule has 0 saturated carbocycles. The Morgan fingerprint density at radius 3 is 1.57 bits per heavy atom. The SMILES string of the molecule is CC(NC(=O)C(CCC(=O)O)NC(=O)C(CCC(=O)O)NC(=O)C(N)CS)C(=O)O. The normalized spacial score (nSPS) is 14.5. The predicted molar refractivity (Wildman–Crippen MR) is 105 cm³/mol. The van der Waals surface area contributed by atoms with E-state index in [1.165, 1.54) is 6.92 Å². The molecule has 13 nitrogen and oxygen atoms in total. The van der Waals surface area contributed by atoms with Crippen molar-refractivity contribution in [1.29, 1.82) is 0 Å². The molecule has 8 N–H and O–H groups in total. The van der Waals surface area contributed by atoms with E-state index < -0.39 is 72.6 Å². The van der Waals surface area contributed by atoms with Gasteiger partial charge in [-0.05, 0) is 19.8 Å². The lowest BCUT2D eigenvalue weighted by molar-refractivity contribution is -0.142. The van der Waals surface area contributed by atoms with Crippen LogP contribution in [0.5, 0.6) is 0 Å². The number of carbonyl (C=O) groups excluding carboxylic acids is 3. The van der Waals surface area contributed by atoms with Gasteiger partial charge in [0.2, 0.25) is 17.7 Å². The highest BCUT2D eigenvalue weighted by molar-refractivity contribution is 7.80. The largest absolute Gasteiger partial charge is 0.481 e. The van der Waals surface area contributed by atoms with Gasteiger partial charge in [-0.15, -0.1) is 0 Å². The molecule has 3 amide bonds. The zero-order valence-corrected chi connectivity index (χ0v) is 17.1. The molecule has 0 heterocycles. The molecule has 0 bridgehead atoms. The molecule has 0 saturated heterocycles. The minimum absolute atomic E-state index is 0.0458. The third-order valence-electron chi connectivity index (χ3n) is 3.82. The van der Waals surface area contributed by atoms with E-state index in [9.17, 15) is 28.8 Å². The molecule has 0 aromatic carbocycles. The zero-order chi connectivity index (χ0) is 23.4. The van der Waals surface area contributed by atoms with E-state index in [-0.39, 0.29) is 18.6 Å². The monoisotopic (exact) mass is 450 g/mol. The van der Waals surface area contributed by atoms with Gasteiger partial charge in [-0.3, -0.25) is 28.8 Å². The average molecular weight is 450 g/mol. The van der Waals surface area contributed by atoms with E-state index in [2.05, 4.69) is 28.6 Å². The van der Waals surface area contributed by atoms with Crippen LogP contribution in [0.25, 0.3) is 0 Å². The number of hydrogen-bond donors (Lipinski definition) is 8. The standard InChI is InChI=1S/C16H26N4O9S/c1-7(16(28)29)18-14(26)9(2-4-11(21)22)20-15(27)10(3-5-12(23)24)19-13(25)8(17)6-30/h7-10,30H,2-6,17H2,1H3,(H,18,26)(H,19,25)(H,20,27)(H,21,22)(H,23,24)(H,28,29). The number of carboxylic acids is 3. The van der Waals surface area contributed by atoms with Crippen LogP contribution in [0.1, 0.15) is 32.6 Å². The lowest BCUT2D eigenvalue weighted by Crippen LogP contribution is -2.57. The summed E-state index contributed by atoms with van der Waals surface area (Å²) < 4.78 is 0. The molecule has 170 valence electrons. The van der Waals surface area contributed by atoms with Crippen LogP contribution in [0.15, 0.2) is 0 Å². The van der Waals surface area contributed by atoms with Crippen molar-refractivity contribution >= 4 is 48.3 Å². The second-order valence-corrected chi connectivity index (χ2v) is 6.71. The zero-order valence-electron chi connectivity index (χ0n) is 16.2. The number of nitrogens with one attached hydrogen (secondary N) is 3. The average Bonchev–Trinajstić information content (AvgIpc) is 2.66.